The number of allylic oxidation sites excluding steroid dienone is 1. The van der Waals surface area contributed by atoms with Gasteiger partial charge in [-0.1, -0.05) is 58.4 Å². The predicted octanol–water partition coefficient (Wildman–Crippen LogP) is 4.92. The van der Waals surface area contributed by atoms with Crippen molar-refractivity contribution in [3.8, 4) is 0 Å². The second kappa shape index (κ2) is 9.20. The number of benzene rings is 1. The Kier molecular flexibility index (Phi) is 7.23. The lowest BCUT2D eigenvalue weighted by molar-refractivity contribution is -0.138. The van der Waals surface area contributed by atoms with Crippen molar-refractivity contribution in [3.05, 3.63) is 47.2 Å². The van der Waals surface area contributed by atoms with Gasteiger partial charge in [0.2, 0.25) is 5.91 Å². The van der Waals surface area contributed by atoms with Crippen molar-refractivity contribution in [1.82, 2.24) is 4.90 Å². The SMILES string of the molecule is CCCCc1ccc(C2(C)CC(=O)N(CCCC(=O)O)C=C2C(C)C)cc1. The zero-order valence-electron chi connectivity index (χ0n) is 17.1. The van der Waals surface area contributed by atoms with E-state index in [0.29, 0.717) is 25.3 Å². The summed E-state index contributed by atoms with van der Waals surface area (Å²) in [7, 11) is 0. The molecule has 0 radical (unpaired) electrons. The summed E-state index contributed by atoms with van der Waals surface area (Å²) < 4.78 is 0. The maximum absolute atomic E-state index is 12.8. The highest BCUT2D eigenvalue weighted by Gasteiger charge is 2.39. The molecule has 1 aliphatic heterocycles. The van der Waals surface area contributed by atoms with Crippen LogP contribution in [0.5, 0.6) is 0 Å². The first-order valence-electron chi connectivity index (χ1n) is 10.1. The van der Waals surface area contributed by atoms with E-state index in [-0.39, 0.29) is 17.7 Å². The number of nitrogens with zero attached hydrogens (tertiary/aromatic N) is 1. The molecule has 1 N–H and O–H groups in total. The summed E-state index contributed by atoms with van der Waals surface area (Å²) in [5.41, 5.74) is 3.45. The van der Waals surface area contributed by atoms with Crippen molar-refractivity contribution in [3.63, 3.8) is 0 Å². The number of hydrogen-bond acceptors (Lipinski definition) is 2. The number of hydrogen-bond donors (Lipinski definition) is 1. The molecule has 0 aliphatic carbocycles. The van der Waals surface area contributed by atoms with Crippen LogP contribution in [0.3, 0.4) is 0 Å². The number of carbonyl (C=O) groups is 2. The third kappa shape index (κ3) is 5.21. The lowest BCUT2D eigenvalue weighted by Crippen LogP contribution is -2.42. The number of rotatable bonds is 9. The molecule has 1 aromatic rings. The van der Waals surface area contributed by atoms with Gasteiger partial charge in [-0.3, -0.25) is 9.59 Å². The molecule has 2 rings (SSSR count). The molecule has 0 saturated carbocycles. The number of carbonyl (C=O) groups excluding carboxylic acids is 1. The number of carboxylic acid groups (broad SMARTS) is 1. The van der Waals surface area contributed by atoms with Crippen LogP contribution in [0.25, 0.3) is 0 Å². The fourth-order valence-corrected chi connectivity index (χ4v) is 3.95. The molecule has 1 amide bonds. The Morgan fingerprint density at radius 2 is 1.89 bits per heavy atom. The van der Waals surface area contributed by atoms with Gasteiger partial charge in [-0.15, -0.1) is 0 Å². The molecular formula is C23H33NO3. The van der Waals surface area contributed by atoms with E-state index >= 15 is 0 Å². The van der Waals surface area contributed by atoms with Crippen LogP contribution in [0.15, 0.2) is 36.0 Å². The Labute approximate surface area is 163 Å². The van der Waals surface area contributed by atoms with Crippen molar-refractivity contribution >= 4 is 11.9 Å². The summed E-state index contributed by atoms with van der Waals surface area (Å²) in [6, 6.07) is 8.74. The van der Waals surface area contributed by atoms with Crippen molar-refractivity contribution in [2.24, 2.45) is 5.92 Å². The van der Waals surface area contributed by atoms with Crippen molar-refractivity contribution in [2.45, 2.75) is 71.6 Å². The van der Waals surface area contributed by atoms with Crippen LogP contribution in [0.4, 0.5) is 0 Å². The highest BCUT2D eigenvalue weighted by Crippen LogP contribution is 2.42. The fraction of sp³-hybridized carbons (Fsp3) is 0.565. The van der Waals surface area contributed by atoms with E-state index in [0.717, 1.165) is 6.42 Å². The van der Waals surface area contributed by atoms with Crippen LogP contribution in [0.1, 0.15) is 70.9 Å². The van der Waals surface area contributed by atoms with E-state index < -0.39 is 5.97 Å². The summed E-state index contributed by atoms with van der Waals surface area (Å²) in [6.07, 6.45) is 6.44. The molecule has 1 unspecified atom stereocenters. The van der Waals surface area contributed by atoms with Gasteiger partial charge in [-0.2, -0.15) is 0 Å². The highest BCUT2D eigenvalue weighted by atomic mass is 16.4. The van der Waals surface area contributed by atoms with Gasteiger partial charge < -0.3 is 10.0 Å². The third-order valence-electron chi connectivity index (χ3n) is 5.58. The molecule has 0 aromatic heterocycles. The topological polar surface area (TPSA) is 57.6 Å². The van der Waals surface area contributed by atoms with Gasteiger partial charge >= 0.3 is 5.97 Å². The summed E-state index contributed by atoms with van der Waals surface area (Å²) in [4.78, 5) is 25.2. The second-order valence-corrected chi connectivity index (χ2v) is 8.13. The average Bonchev–Trinajstić information content (AvgIpc) is 2.61. The first kappa shape index (κ1) is 21.2. The lowest BCUT2D eigenvalue weighted by Gasteiger charge is -2.41. The van der Waals surface area contributed by atoms with Crippen LogP contribution in [0, 0.1) is 5.92 Å². The molecule has 1 atom stereocenters. The van der Waals surface area contributed by atoms with E-state index in [2.05, 4.69) is 52.0 Å². The molecule has 0 fully saturated rings. The molecule has 27 heavy (non-hydrogen) atoms. The number of unbranched alkanes of at least 4 members (excludes halogenated alkanes) is 1. The Morgan fingerprint density at radius 1 is 1.22 bits per heavy atom. The Balaban J connectivity index is 2.26. The monoisotopic (exact) mass is 371 g/mol. The smallest absolute Gasteiger partial charge is 0.303 e. The average molecular weight is 372 g/mol. The molecule has 0 spiro atoms. The van der Waals surface area contributed by atoms with Crippen LogP contribution in [-0.2, 0) is 21.4 Å². The highest BCUT2D eigenvalue weighted by molar-refractivity contribution is 5.81. The minimum Gasteiger partial charge on any atom is -0.481 e. The van der Waals surface area contributed by atoms with E-state index in [1.165, 1.54) is 29.5 Å². The zero-order chi connectivity index (χ0) is 20.0. The number of aryl methyl sites for hydroxylation is 1. The molecule has 4 nitrogen and oxygen atoms in total. The summed E-state index contributed by atoms with van der Waals surface area (Å²) in [5, 5.41) is 8.84. The standard InChI is InChI=1S/C23H33NO3/c1-5-6-8-18-10-12-19(13-11-18)23(4)15-21(25)24(14-7-9-22(26)27)16-20(23)17(2)3/h10-13,16-17H,5-9,14-15H2,1-4H3,(H,26,27). The van der Waals surface area contributed by atoms with E-state index in [9.17, 15) is 9.59 Å². The predicted molar refractivity (Wildman–Crippen MR) is 109 cm³/mol. The van der Waals surface area contributed by atoms with Gasteiger partial charge in [0.25, 0.3) is 0 Å². The van der Waals surface area contributed by atoms with E-state index in [4.69, 9.17) is 5.11 Å². The van der Waals surface area contributed by atoms with Crippen LogP contribution in [0.2, 0.25) is 0 Å². The molecule has 0 bridgehead atoms. The normalized spacial score (nSPS) is 20.1. The lowest BCUT2D eigenvalue weighted by atomic mass is 9.68. The number of amides is 1. The minimum absolute atomic E-state index is 0.0716. The van der Waals surface area contributed by atoms with Crippen molar-refractivity contribution in [2.75, 3.05) is 6.54 Å². The number of carboxylic acids is 1. The second-order valence-electron chi connectivity index (χ2n) is 8.13. The largest absolute Gasteiger partial charge is 0.481 e. The fourth-order valence-electron chi connectivity index (χ4n) is 3.95. The van der Waals surface area contributed by atoms with Gasteiger partial charge in [0.15, 0.2) is 0 Å². The van der Waals surface area contributed by atoms with Crippen LogP contribution < -0.4 is 0 Å². The van der Waals surface area contributed by atoms with Gasteiger partial charge in [0.05, 0.1) is 0 Å². The molecule has 4 heteroatoms. The summed E-state index contributed by atoms with van der Waals surface area (Å²) in [5.74, 6) is -0.437. The maximum Gasteiger partial charge on any atom is 0.303 e. The molecular weight excluding hydrogens is 338 g/mol. The van der Waals surface area contributed by atoms with E-state index in [1.54, 1.807) is 4.90 Å². The van der Waals surface area contributed by atoms with Gasteiger partial charge in [0, 0.05) is 31.0 Å². The molecule has 0 saturated heterocycles. The Bertz CT molecular complexity index is 690. The Morgan fingerprint density at radius 3 is 2.44 bits per heavy atom. The van der Waals surface area contributed by atoms with Crippen molar-refractivity contribution in [1.29, 1.82) is 0 Å². The van der Waals surface area contributed by atoms with Gasteiger partial charge in [-0.25, -0.2) is 0 Å². The molecule has 1 heterocycles. The summed E-state index contributed by atoms with van der Waals surface area (Å²) in [6.45, 7) is 9.14. The minimum atomic E-state index is -0.819. The first-order chi connectivity index (χ1) is 12.8. The molecule has 1 aliphatic rings. The van der Waals surface area contributed by atoms with Gasteiger partial charge in [-0.05, 0) is 41.9 Å². The van der Waals surface area contributed by atoms with E-state index in [1.807, 2.05) is 6.20 Å². The quantitative estimate of drug-likeness (QED) is 0.670. The number of aliphatic carboxylic acids is 1. The van der Waals surface area contributed by atoms with Gasteiger partial charge in [0.1, 0.15) is 0 Å². The zero-order valence-corrected chi connectivity index (χ0v) is 17.1. The third-order valence-corrected chi connectivity index (χ3v) is 5.58. The summed E-state index contributed by atoms with van der Waals surface area (Å²) >= 11 is 0. The van der Waals surface area contributed by atoms with Crippen molar-refractivity contribution < 1.29 is 14.7 Å². The Hall–Kier alpha value is -2.10. The maximum atomic E-state index is 12.8. The molecule has 1 aromatic carbocycles. The first-order valence-corrected chi connectivity index (χ1v) is 10.1. The van der Waals surface area contributed by atoms with Crippen LogP contribution >= 0.6 is 0 Å². The van der Waals surface area contributed by atoms with Crippen LogP contribution in [-0.4, -0.2) is 28.4 Å². The molecule has 148 valence electrons.